The van der Waals surface area contributed by atoms with Crippen LogP contribution < -0.4 is 15.4 Å². The molecule has 0 bridgehead atoms. The summed E-state index contributed by atoms with van der Waals surface area (Å²) in [5.41, 5.74) is 1.44. The quantitative estimate of drug-likeness (QED) is 0.811. The van der Waals surface area contributed by atoms with Crippen LogP contribution in [-0.2, 0) is 11.3 Å². The third-order valence-corrected chi connectivity index (χ3v) is 2.25. The van der Waals surface area contributed by atoms with Gasteiger partial charge in [-0.15, -0.1) is 0 Å². The Morgan fingerprint density at radius 2 is 2.17 bits per heavy atom. The number of nitrogens with one attached hydrogen (secondary N) is 2. The smallest absolute Gasteiger partial charge is 0.387 e. The molecule has 18 heavy (non-hydrogen) atoms. The van der Waals surface area contributed by atoms with Crippen LogP contribution in [0.15, 0.2) is 18.2 Å². The summed E-state index contributed by atoms with van der Waals surface area (Å²) in [5, 5.41) is 5.31. The van der Waals surface area contributed by atoms with Crippen LogP contribution in [0.4, 0.5) is 8.78 Å². The molecule has 6 heteroatoms. The van der Waals surface area contributed by atoms with Crippen molar-refractivity contribution in [3.05, 3.63) is 29.3 Å². The highest BCUT2D eigenvalue weighted by molar-refractivity contribution is 5.78. The molecule has 0 heterocycles. The first-order valence-electron chi connectivity index (χ1n) is 5.48. The van der Waals surface area contributed by atoms with E-state index in [-0.39, 0.29) is 24.7 Å². The number of rotatable bonds is 6. The second-order valence-corrected chi connectivity index (χ2v) is 3.80. The van der Waals surface area contributed by atoms with Gasteiger partial charge in [-0.25, -0.2) is 0 Å². The molecule has 2 N–H and O–H groups in total. The zero-order valence-corrected chi connectivity index (χ0v) is 10.3. The van der Waals surface area contributed by atoms with E-state index in [4.69, 9.17) is 0 Å². The fraction of sp³-hybridized carbons (Fsp3) is 0.417. The van der Waals surface area contributed by atoms with Crippen molar-refractivity contribution in [1.29, 1.82) is 0 Å². The largest absolute Gasteiger partial charge is 0.434 e. The minimum absolute atomic E-state index is 0.0837. The number of ether oxygens (including phenoxy) is 1. The fourth-order valence-electron chi connectivity index (χ4n) is 1.47. The van der Waals surface area contributed by atoms with Crippen LogP contribution in [0, 0.1) is 6.92 Å². The zero-order valence-electron chi connectivity index (χ0n) is 10.3. The SMILES string of the molecule is CNCC(=O)NCc1cc(C)ccc1OC(F)F. The first-order valence-corrected chi connectivity index (χ1v) is 5.48. The Bertz CT molecular complexity index is 411. The van der Waals surface area contributed by atoms with Crippen molar-refractivity contribution in [2.75, 3.05) is 13.6 Å². The van der Waals surface area contributed by atoms with Crippen molar-refractivity contribution in [1.82, 2.24) is 10.6 Å². The number of alkyl halides is 2. The molecule has 0 radical (unpaired) electrons. The summed E-state index contributed by atoms with van der Waals surface area (Å²) in [5.74, 6) is -0.123. The monoisotopic (exact) mass is 258 g/mol. The number of carbonyl (C=O) groups is 1. The van der Waals surface area contributed by atoms with E-state index in [1.807, 2.05) is 6.92 Å². The molecule has 0 saturated heterocycles. The van der Waals surface area contributed by atoms with E-state index in [0.29, 0.717) is 5.56 Å². The van der Waals surface area contributed by atoms with E-state index in [1.165, 1.54) is 6.07 Å². The summed E-state index contributed by atoms with van der Waals surface area (Å²) in [6, 6.07) is 4.86. The first-order chi connectivity index (χ1) is 8.52. The summed E-state index contributed by atoms with van der Waals surface area (Å²) < 4.78 is 28.8. The maximum atomic E-state index is 12.2. The molecule has 0 spiro atoms. The summed E-state index contributed by atoms with van der Waals surface area (Å²) >= 11 is 0. The Hall–Kier alpha value is -1.69. The zero-order chi connectivity index (χ0) is 13.5. The number of likely N-dealkylation sites (N-methyl/N-ethyl adjacent to an activating group) is 1. The van der Waals surface area contributed by atoms with Crippen LogP contribution >= 0.6 is 0 Å². The normalized spacial score (nSPS) is 10.5. The minimum Gasteiger partial charge on any atom is -0.434 e. The highest BCUT2D eigenvalue weighted by Gasteiger charge is 2.10. The highest BCUT2D eigenvalue weighted by atomic mass is 19.3. The number of carbonyl (C=O) groups excluding carboxylic acids is 1. The van der Waals surface area contributed by atoms with Crippen molar-refractivity contribution in [3.8, 4) is 5.75 Å². The third kappa shape index (κ3) is 4.67. The molecule has 100 valence electrons. The molecule has 0 fully saturated rings. The fourth-order valence-corrected chi connectivity index (χ4v) is 1.47. The first kappa shape index (κ1) is 14.4. The van der Waals surface area contributed by atoms with Gasteiger partial charge in [0.1, 0.15) is 5.75 Å². The average molecular weight is 258 g/mol. The van der Waals surface area contributed by atoms with Crippen LogP contribution in [0.1, 0.15) is 11.1 Å². The maximum absolute atomic E-state index is 12.2. The standard InChI is InChI=1S/C12H16F2N2O2/c1-8-3-4-10(18-12(13)14)9(5-8)6-16-11(17)7-15-2/h3-5,12,15H,6-7H2,1-2H3,(H,16,17). The number of amides is 1. The Balaban J connectivity index is 2.72. The van der Waals surface area contributed by atoms with Crippen molar-refractivity contribution < 1.29 is 18.3 Å². The van der Waals surface area contributed by atoms with Crippen LogP contribution in [0.25, 0.3) is 0 Å². The third-order valence-electron chi connectivity index (χ3n) is 2.25. The van der Waals surface area contributed by atoms with Gasteiger partial charge in [-0.05, 0) is 20.0 Å². The van der Waals surface area contributed by atoms with E-state index < -0.39 is 6.61 Å². The lowest BCUT2D eigenvalue weighted by molar-refractivity contribution is -0.120. The molecule has 1 aromatic rings. The molecule has 0 unspecified atom stereocenters. The molecule has 0 aliphatic rings. The molecular formula is C12H16F2N2O2. The molecule has 0 aliphatic carbocycles. The van der Waals surface area contributed by atoms with E-state index in [0.717, 1.165) is 5.56 Å². The lowest BCUT2D eigenvalue weighted by Crippen LogP contribution is -2.31. The minimum atomic E-state index is -2.88. The highest BCUT2D eigenvalue weighted by Crippen LogP contribution is 2.21. The predicted octanol–water partition coefficient (Wildman–Crippen LogP) is 1.43. The van der Waals surface area contributed by atoms with Crippen LogP contribution in [0.2, 0.25) is 0 Å². The molecule has 1 aromatic carbocycles. The lowest BCUT2D eigenvalue weighted by Gasteiger charge is -2.12. The molecule has 1 amide bonds. The van der Waals surface area contributed by atoms with Crippen molar-refractivity contribution in [3.63, 3.8) is 0 Å². The van der Waals surface area contributed by atoms with Crippen LogP contribution in [0.5, 0.6) is 5.75 Å². The van der Waals surface area contributed by atoms with E-state index in [1.54, 1.807) is 19.2 Å². The summed E-state index contributed by atoms with van der Waals surface area (Å²) in [6.45, 7) is -0.703. The van der Waals surface area contributed by atoms with E-state index in [9.17, 15) is 13.6 Å². The molecular weight excluding hydrogens is 242 g/mol. The van der Waals surface area contributed by atoms with Gasteiger partial charge in [0, 0.05) is 12.1 Å². The van der Waals surface area contributed by atoms with Gasteiger partial charge in [0.25, 0.3) is 0 Å². The van der Waals surface area contributed by atoms with Gasteiger partial charge < -0.3 is 15.4 Å². The molecule has 0 atom stereocenters. The topological polar surface area (TPSA) is 50.4 Å². The Morgan fingerprint density at radius 3 is 2.78 bits per heavy atom. The van der Waals surface area contributed by atoms with Gasteiger partial charge in [0.05, 0.1) is 6.54 Å². The summed E-state index contributed by atoms with van der Waals surface area (Å²) in [4.78, 5) is 11.3. The Kier molecular flexibility index (Phi) is 5.51. The Labute approximate surface area is 104 Å². The van der Waals surface area contributed by atoms with Gasteiger partial charge in [0.15, 0.2) is 0 Å². The van der Waals surface area contributed by atoms with Crippen molar-refractivity contribution >= 4 is 5.91 Å². The predicted molar refractivity (Wildman–Crippen MR) is 63.6 cm³/mol. The number of hydrogen-bond acceptors (Lipinski definition) is 3. The molecule has 0 aromatic heterocycles. The Morgan fingerprint density at radius 1 is 1.44 bits per heavy atom. The summed E-state index contributed by atoms with van der Waals surface area (Å²) in [7, 11) is 1.65. The van der Waals surface area contributed by atoms with E-state index >= 15 is 0 Å². The maximum Gasteiger partial charge on any atom is 0.387 e. The van der Waals surface area contributed by atoms with Crippen molar-refractivity contribution in [2.24, 2.45) is 0 Å². The van der Waals surface area contributed by atoms with Crippen LogP contribution in [-0.4, -0.2) is 26.1 Å². The van der Waals surface area contributed by atoms with Gasteiger partial charge in [0.2, 0.25) is 5.91 Å². The second-order valence-electron chi connectivity index (χ2n) is 3.80. The lowest BCUT2D eigenvalue weighted by atomic mass is 10.1. The van der Waals surface area contributed by atoms with Gasteiger partial charge in [-0.2, -0.15) is 8.78 Å². The molecule has 0 saturated carbocycles. The van der Waals surface area contributed by atoms with Gasteiger partial charge in [-0.3, -0.25) is 4.79 Å². The second kappa shape index (κ2) is 6.90. The number of hydrogen-bond donors (Lipinski definition) is 2. The molecule has 0 aliphatic heterocycles. The molecule has 1 rings (SSSR count). The van der Waals surface area contributed by atoms with Crippen molar-refractivity contribution in [2.45, 2.75) is 20.1 Å². The van der Waals surface area contributed by atoms with Crippen LogP contribution in [0.3, 0.4) is 0 Å². The molecule has 4 nitrogen and oxygen atoms in total. The average Bonchev–Trinajstić information content (AvgIpc) is 2.29. The van der Waals surface area contributed by atoms with Gasteiger partial charge >= 0.3 is 6.61 Å². The van der Waals surface area contributed by atoms with Gasteiger partial charge in [-0.1, -0.05) is 17.7 Å². The number of halogens is 2. The number of benzene rings is 1. The number of aryl methyl sites for hydroxylation is 1. The van der Waals surface area contributed by atoms with E-state index in [2.05, 4.69) is 15.4 Å². The summed E-state index contributed by atoms with van der Waals surface area (Å²) in [6.07, 6.45) is 0.